The molecule has 0 atom stereocenters. The highest BCUT2D eigenvalue weighted by molar-refractivity contribution is 5.97. The van der Waals surface area contributed by atoms with E-state index in [0.717, 1.165) is 17.1 Å². The molecule has 9 rings (SSSR count). The SMILES string of the molecule is CC(C)(C)c1ccc(N(c2ccccc2-c2ccc3c(c2)C(C)(C)c2ccccc2-3)c2ccccc2-c2cccc3c2C(C)(C)c2ccccc2-3)cc1. The van der Waals surface area contributed by atoms with Crippen LogP contribution in [0.25, 0.3) is 44.5 Å². The zero-order valence-corrected chi connectivity index (χ0v) is 32.0. The van der Waals surface area contributed by atoms with Gasteiger partial charge in [0.15, 0.2) is 0 Å². The summed E-state index contributed by atoms with van der Waals surface area (Å²) in [5.74, 6) is 0. The minimum absolute atomic E-state index is 0.0547. The van der Waals surface area contributed by atoms with Crippen LogP contribution in [0.3, 0.4) is 0 Å². The smallest absolute Gasteiger partial charge is 0.0540 e. The number of nitrogens with zero attached hydrogens (tertiary/aromatic N) is 1. The van der Waals surface area contributed by atoms with Gasteiger partial charge in [0.05, 0.1) is 11.4 Å². The van der Waals surface area contributed by atoms with Crippen molar-refractivity contribution < 1.29 is 0 Å². The lowest BCUT2D eigenvalue weighted by Gasteiger charge is -2.32. The van der Waals surface area contributed by atoms with Gasteiger partial charge in [0.1, 0.15) is 0 Å². The summed E-state index contributed by atoms with van der Waals surface area (Å²) in [5, 5.41) is 0. The fraction of sp³-hybridized carbons (Fsp3) is 0.192. The summed E-state index contributed by atoms with van der Waals surface area (Å²) in [5.41, 5.74) is 20.5. The largest absolute Gasteiger partial charge is 0.309 e. The van der Waals surface area contributed by atoms with E-state index < -0.39 is 0 Å². The maximum atomic E-state index is 2.50. The molecular weight excluding hydrogens is 639 g/mol. The highest BCUT2D eigenvalue weighted by atomic mass is 15.1. The van der Waals surface area contributed by atoms with Gasteiger partial charge in [-0.05, 0) is 96.9 Å². The normalized spacial score (nSPS) is 14.6. The summed E-state index contributed by atoms with van der Waals surface area (Å²) >= 11 is 0. The second-order valence-electron chi connectivity index (χ2n) is 17.0. The summed E-state index contributed by atoms with van der Waals surface area (Å²) in [7, 11) is 0. The first-order valence-electron chi connectivity index (χ1n) is 19.0. The molecule has 0 bridgehead atoms. The first kappa shape index (κ1) is 33.2. The van der Waals surface area contributed by atoms with E-state index in [1.807, 2.05) is 0 Å². The molecule has 1 nitrogen and oxygen atoms in total. The predicted molar refractivity (Wildman–Crippen MR) is 226 cm³/mol. The Balaban J connectivity index is 1.27. The molecule has 0 spiro atoms. The Bertz CT molecular complexity index is 2540. The second-order valence-corrected chi connectivity index (χ2v) is 17.0. The molecule has 0 saturated carbocycles. The van der Waals surface area contributed by atoms with Gasteiger partial charge in [-0.3, -0.25) is 0 Å². The van der Waals surface area contributed by atoms with E-state index >= 15 is 0 Å². The molecule has 260 valence electrons. The topological polar surface area (TPSA) is 3.24 Å². The van der Waals surface area contributed by atoms with E-state index in [9.17, 15) is 0 Å². The van der Waals surface area contributed by atoms with Crippen LogP contribution in [0.1, 0.15) is 76.3 Å². The highest BCUT2D eigenvalue weighted by Gasteiger charge is 2.38. The van der Waals surface area contributed by atoms with Crippen molar-refractivity contribution in [2.45, 2.75) is 64.7 Å². The van der Waals surface area contributed by atoms with Crippen LogP contribution in [0.2, 0.25) is 0 Å². The molecule has 2 aliphatic rings. The number of benzene rings is 7. The van der Waals surface area contributed by atoms with Gasteiger partial charge in [0.2, 0.25) is 0 Å². The van der Waals surface area contributed by atoms with Crippen LogP contribution in [-0.2, 0) is 16.2 Å². The van der Waals surface area contributed by atoms with Crippen molar-refractivity contribution in [3.8, 4) is 44.5 Å². The third kappa shape index (κ3) is 5.12. The van der Waals surface area contributed by atoms with Crippen LogP contribution >= 0.6 is 0 Å². The predicted octanol–water partition coefficient (Wildman–Crippen LogP) is 14.4. The molecule has 0 N–H and O–H groups in total. The number of hydrogen-bond acceptors (Lipinski definition) is 1. The Labute approximate surface area is 315 Å². The molecule has 0 fully saturated rings. The second kappa shape index (κ2) is 11.9. The van der Waals surface area contributed by atoms with Gasteiger partial charge in [0.25, 0.3) is 0 Å². The maximum Gasteiger partial charge on any atom is 0.0540 e. The maximum absolute atomic E-state index is 2.50. The summed E-state index contributed by atoms with van der Waals surface area (Å²) in [6.07, 6.45) is 0. The Morgan fingerprint density at radius 3 is 1.51 bits per heavy atom. The van der Waals surface area contributed by atoms with Crippen molar-refractivity contribution >= 4 is 17.1 Å². The standard InChI is InChI=1S/C52H47N/c1-50(2,3)35-28-30-36(31-29-35)53(47-25-14-10-17-37(47)34-27-32-40-38-18-8-12-23-44(38)51(4,5)46(40)33-34)48-26-15-11-20-41(48)43-22-16-21-42-39-19-9-13-24-45(39)52(6,7)49(42)43/h8-33H,1-7H3. The Kier molecular flexibility index (Phi) is 7.48. The van der Waals surface area contributed by atoms with Gasteiger partial charge < -0.3 is 4.90 Å². The van der Waals surface area contributed by atoms with Crippen LogP contribution in [0, 0.1) is 0 Å². The zero-order chi connectivity index (χ0) is 36.7. The molecule has 7 aromatic rings. The van der Waals surface area contributed by atoms with Crippen LogP contribution in [0.5, 0.6) is 0 Å². The van der Waals surface area contributed by atoms with Gasteiger partial charge in [-0.2, -0.15) is 0 Å². The average molecular weight is 686 g/mol. The molecule has 0 heterocycles. The number of para-hydroxylation sites is 2. The third-order valence-corrected chi connectivity index (χ3v) is 12.0. The number of anilines is 3. The van der Waals surface area contributed by atoms with E-state index in [1.165, 1.54) is 72.3 Å². The third-order valence-electron chi connectivity index (χ3n) is 12.0. The summed E-state index contributed by atoms with van der Waals surface area (Å²) < 4.78 is 0. The van der Waals surface area contributed by atoms with Crippen LogP contribution in [-0.4, -0.2) is 0 Å². The van der Waals surface area contributed by atoms with Crippen LogP contribution in [0.4, 0.5) is 17.1 Å². The van der Waals surface area contributed by atoms with Crippen LogP contribution < -0.4 is 4.90 Å². The van der Waals surface area contributed by atoms with Gasteiger partial charge in [-0.1, -0.05) is 176 Å². The molecule has 0 aliphatic heterocycles. The van der Waals surface area contributed by atoms with E-state index in [4.69, 9.17) is 0 Å². The Hall–Kier alpha value is -5.66. The summed E-state index contributed by atoms with van der Waals surface area (Å²) in [4.78, 5) is 2.50. The minimum atomic E-state index is -0.137. The molecule has 0 aromatic heterocycles. The van der Waals surface area contributed by atoms with Crippen molar-refractivity contribution in [3.63, 3.8) is 0 Å². The molecule has 0 radical (unpaired) electrons. The summed E-state index contributed by atoms with van der Waals surface area (Å²) in [6, 6.07) is 59.1. The molecule has 0 unspecified atom stereocenters. The summed E-state index contributed by atoms with van der Waals surface area (Å²) in [6.45, 7) is 16.4. The lowest BCUT2D eigenvalue weighted by atomic mass is 9.78. The fourth-order valence-corrected chi connectivity index (χ4v) is 9.27. The van der Waals surface area contributed by atoms with E-state index in [2.05, 4.69) is 211 Å². The lowest BCUT2D eigenvalue weighted by molar-refractivity contribution is 0.590. The van der Waals surface area contributed by atoms with E-state index in [-0.39, 0.29) is 16.2 Å². The zero-order valence-electron chi connectivity index (χ0n) is 32.0. The van der Waals surface area contributed by atoms with Gasteiger partial charge in [-0.15, -0.1) is 0 Å². The van der Waals surface area contributed by atoms with Gasteiger partial charge in [0, 0.05) is 27.6 Å². The van der Waals surface area contributed by atoms with Crippen LogP contribution in [0.15, 0.2) is 158 Å². The van der Waals surface area contributed by atoms with E-state index in [0.29, 0.717) is 0 Å². The van der Waals surface area contributed by atoms with Crippen molar-refractivity contribution in [3.05, 3.63) is 186 Å². The molecule has 2 aliphatic carbocycles. The minimum Gasteiger partial charge on any atom is -0.309 e. The molecule has 0 amide bonds. The Morgan fingerprint density at radius 1 is 0.396 bits per heavy atom. The highest BCUT2D eigenvalue weighted by Crippen LogP contribution is 2.55. The lowest BCUT2D eigenvalue weighted by Crippen LogP contribution is -2.17. The Morgan fingerprint density at radius 2 is 0.868 bits per heavy atom. The molecular formula is C52H47N. The van der Waals surface area contributed by atoms with Crippen molar-refractivity contribution in [2.75, 3.05) is 4.90 Å². The molecule has 1 heteroatoms. The van der Waals surface area contributed by atoms with E-state index in [1.54, 1.807) is 0 Å². The number of rotatable bonds is 5. The van der Waals surface area contributed by atoms with Gasteiger partial charge >= 0.3 is 0 Å². The van der Waals surface area contributed by atoms with Crippen molar-refractivity contribution in [2.24, 2.45) is 0 Å². The molecule has 53 heavy (non-hydrogen) atoms. The van der Waals surface area contributed by atoms with Gasteiger partial charge in [-0.25, -0.2) is 0 Å². The molecule has 0 saturated heterocycles. The first-order chi connectivity index (χ1) is 25.5. The number of fused-ring (bicyclic) bond motifs is 6. The fourth-order valence-electron chi connectivity index (χ4n) is 9.27. The first-order valence-corrected chi connectivity index (χ1v) is 19.0. The van der Waals surface area contributed by atoms with Crippen molar-refractivity contribution in [1.29, 1.82) is 0 Å². The quantitative estimate of drug-likeness (QED) is 0.174. The number of hydrogen-bond donors (Lipinski definition) is 0. The average Bonchev–Trinajstić information content (AvgIpc) is 3.55. The monoisotopic (exact) mass is 685 g/mol. The molecule has 7 aromatic carbocycles. The van der Waals surface area contributed by atoms with Crippen molar-refractivity contribution in [1.82, 2.24) is 0 Å².